The number of carbonyl (C=O) groups excluding carboxylic acids is 1. The number of aliphatic carboxylic acids is 1. The Bertz CT molecular complexity index is 609. The van der Waals surface area contributed by atoms with E-state index in [9.17, 15) is 27.2 Å². The summed E-state index contributed by atoms with van der Waals surface area (Å²) in [4.78, 5) is 28.0. The molecule has 1 amide bonds. The highest BCUT2D eigenvalue weighted by Gasteiger charge is 2.41. The Balaban J connectivity index is 1.94. The summed E-state index contributed by atoms with van der Waals surface area (Å²) in [7, 11) is 0. The van der Waals surface area contributed by atoms with Gasteiger partial charge in [0.1, 0.15) is 0 Å². The third-order valence-electron chi connectivity index (χ3n) is 3.54. The van der Waals surface area contributed by atoms with Crippen LogP contribution in [-0.4, -0.2) is 58.9 Å². The summed E-state index contributed by atoms with van der Waals surface area (Å²) < 4.78 is 54.0. The first kappa shape index (κ1) is 18.0. The highest BCUT2D eigenvalue weighted by Crippen LogP contribution is 2.24. The van der Waals surface area contributed by atoms with Crippen LogP contribution in [0.25, 0.3) is 0 Å². The van der Waals surface area contributed by atoms with Gasteiger partial charge in [-0.05, 0) is 12.5 Å². The number of pyridine rings is 1. The minimum atomic E-state index is -4.29. The second-order valence-corrected chi connectivity index (χ2v) is 5.31. The molecule has 10 heteroatoms. The second kappa shape index (κ2) is 7.02. The summed E-state index contributed by atoms with van der Waals surface area (Å²) in [5.41, 5.74) is 0.119. The molecule has 2 heterocycles. The third kappa shape index (κ3) is 4.12. The molecule has 1 aromatic rings. The number of carbonyl (C=O) groups is 2. The molecule has 1 saturated heterocycles. The summed E-state index contributed by atoms with van der Waals surface area (Å²) >= 11 is 0. The summed E-state index contributed by atoms with van der Waals surface area (Å²) in [6, 6.07) is 2.36. The van der Waals surface area contributed by atoms with Gasteiger partial charge >= 0.3 is 18.3 Å². The van der Waals surface area contributed by atoms with E-state index in [-0.39, 0.29) is 24.5 Å². The lowest BCUT2D eigenvalue weighted by Crippen LogP contribution is -2.34. The number of likely N-dealkylation sites (tertiary alicyclic amines) is 1. The maximum atomic E-state index is 12.7. The number of carboxylic acids is 1. The van der Waals surface area contributed by atoms with E-state index in [1.165, 1.54) is 11.0 Å². The van der Waals surface area contributed by atoms with Crippen molar-refractivity contribution in [3.8, 4) is 5.88 Å². The van der Waals surface area contributed by atoms with Gasteiger partial charge in [0.2, 0.25) is 5.88 Å². The van der Waals surface area contributed by atoms with E-state index in [1.54, 1.807) is 0 Å². The molecule has 1 unspecified atom stereocenters. The van der Waals surface area contributed by atoms with Crippen LogP contribution >= 0.6 is 0 Å². The maximum Gasteiger partial charge on any atom is 0.340 e. The Morgan fingerprint density at radius 2 is 2.12 bits per heavy atom. The maximum absolute atomic E-state index is 12.7. The molecular formula is C14H14F4N2O4. The smallest absolute Gasteiger partial charge is 0.340 e. The molecule has 1 aromatic heterocycles. The van der Waals surface area contributed by atoms with E-state index in [0.717, 1.165) is 12.3 Å². The molecule has 1 aliphatic rings. The van der Waals surface area contributed by atoms with Crippen molar-refractivity contribution < 1.29 is 37.0 Å². The molecule has 0 bridgehead atoms. The van der Waals surface area contributed by atoms with Crippen molar-refractivity contribution in [2.75, 3.05) is 19.7 Å². The van der Waals surface area contributed by atoms with E-state index in [2.05, 4.69) is 9.72 Å². The molecule has 1 aliphatic heterocycles. The standard InChI is InChI=1S/C14H14F4N2O4/c15-13(16)14(17,18)7-24-10-2-1-8(5-19-10)11(21)20-4-3-9(6-20)12(22)23/h1-2,5,9,13H,3-4,6-7H2,(H,22,23). The zero-order valence-corrected chi connectivity index (χ0v) is 12.3. The summed E-state index contributed by atoms with van der Waals surface area (Å²) in [5, 5.41) is 8.90. The molecule has 1 fully saturated rings. The first-order valence-corrected chi connectivity index (χ1v) is 6.97. The van der Waals surface area contributed by atoms with Crippen LogP contribution in [0.5, 0.6) is 5.88 Å². The SMILES string of the molecule is O=C(O)C1CCN(C(=O)c2ccc(OCC(F)(F)C(F)F)nc2)C1. The molecular weight excluding hydrogens is 336 g/mol. The van der Waals surface area contributed by atoms with Gasteiger partial charge in [0.05, 0.1) is 11.5 Å². The number of nitrogens with zero attached hydrogens (tertiary/aromatic N) is 2. The van der Waals surface area contributed by atoms with Crippen LogP contribution < -0.4 is 4.74 Å². The molecule has 6 nitrogen and oxygen atoms in total. The highest BCUT2D eigenvalue weighted by atomic mass is 19.3. The van der Waals surface area contributed by atoms with Crippen molar-refractivity contribution in [1.29, 1.82) is 0 Å². The summed E-state index contributed by atoms with van der Waals surface area (Å²) in [5.74, 6) is -6.67. The molecule has 0 spiro atoms. The minimum absolute atomic E-state index is 0.0764. The van der Waals surface area contributed by atoms with Gasteiger partial charge in [0.15, 0.2) is 6.61 Å². The van der Waals surface area contributed by atoms with Gasteiger partial charge in [-0.15, -0.1) is 0 Å². The van der Waals surface area contributed by atoms with Crippen LogP contribution in [0.2, 0.25) is 0 Å². The molecule has 132 valence electrons. The topological polar surface area (TPSA) is 79.7 Å². The van der Waals surface area contributed by atoms with Crippen molar-refractivity contribution >= 4 is 11.9 Å². The van der Waals surface area contributed by atoms with Gasteiger partial charge in [0, 0.05) is 25.4 Å². The van der Waals surface area contributed by atoms with Crippen molar-refractivity contribution in [3.05, 3.63) is 23.9 Å². The van der Waals surface area contributed by atoms with E-state index < -0.39 is 36.7 Å². The van der Waals surface area contributed by atoms with Gasteiger partial charge in [-0.3, -0.25) is 9.59 Å². The monoisotopic (exact) mass is 350 g/mol. The Morgan fingerprint density at radius 1 is 1.42 bits per heavy atom. The number of hydrogen-bond donors (Lipinski definition) is 1. The lowest BCUT2D eigenvalue weighted by Gasteiger charge is -2.17. The molecule has 0 radical (unpaired) electrons. The molecule has 0 saturated carbocycles. The molecule has 0 aromatic carbocycles. The zero-order chi connectivity index (χ0) is 17.9. The van der Waals surface area contributed by atoms with Crippen LogP contribution in [0.1, 0.15) is 16.8 Å². The van der Waals surface area contributed by atoms with E-state index >= 15 is 0 Å². The van der Waals surface area contributed by atoms with E-state index in [0.29, 0.717) is 6.42 Å². The van der Waals surface area contributed by atoms with Crippen molar-refractivity contribution in [2.45, 2.75) is 18.8 Å². The van der Waals surface area contributed by atoms with Crippen LogP contribution in [0, 0.1) is 5.92 Å². The largest absolute Gasteiger partial charge is 0.481 e. The van der Waals surface area contributed by atoms with Crippen molar-refractivity contribution in [1.82, 2.24) is 9.88 Å². The lowest BCUT2D eigenvalue weighted by molar-refractivity contribution is -0.148. The predicted molar refractivity (Wildman–Crippen MR) is 72.3 cm³/mol. The van der Waals surface area contributed by atoms with Gasteiger partial charge in [0.25, 0.3) is 5.91 Å². The second-order valence-electron chi connectivity index (χ2n) is 5.31. The number of carboxylic acid groups (broad SMARTS) is 1. The number of aromatic nitrogens is 1. The summed E-state index contributed by atoms with van der Waals surface area (Å²) in [6.07, 6.45) is -2.44. The summed E-state index contributed by atoms with van der Waals surface area (Å²) in [6.45, 7) is -1.17. The number of ether oxygens (including phenoxy) is 1. The normalized spacial score (nSPS) is 18.0. The molecule has 2 rings (SSSR count). The highest BCUT2D eigenvalue weighted by molar-refractivity contribution is 5.94. The average molecular weight is 350 g/mol. The van der Waals surface area contributed by atoms with Gasteiger partial charge in [-0.2, -0.15) is 8.78 Å². The predicted octanol–water partition coefficient (Wildman–Crippen LogP) is 1.91. The van der Waals surface area contributed by atoms with Gasteiger partial charge in [-0.1, -0.05) is 0 Å². The molecule has 1 atom stereocenters. The number of halogens is 4. The van der Waals surface area contributed by atoms with Crippen LogP contribution in [0.15, 0.2) is 18.3 Å². The average Bonchev–Trinajstić information content (AvgIpc) is 3.03. The molecule has 24 heavy (non-hydrogen) atoms. The third-order valence-corrected chi connectivity index (χ3v) is 3.54. The Kier molecular flexibility index (Phi) is 5.25. The quantitative estimate of drug-likeness (QED) is 0.793. The first-order valence-electron chi connectivity index (χ1n) is 6.97. The van der Waals surface area contributed by atoms with Gasteiger partial charge < -0.3 is 14.7 Å². The minimum Gasteiger partial charge on any atom is -0.481 e. The fourth-order valence-corrected chi connectivity index (χ4v) is 2.15. The fourth-order valence-electron chi connectivity index (χ4n) is 2.15. The van der Waals surface area contributed by atoms with Crippen LogP contribution in [-0.2, 0) is 4.79 Å². The number of amides is 1. The Labute approximate surface area is 134 Å². The molecule has 0 aliphatic carbocycles. The van der Waals surface area contributed by atoms with Crippen molar-refractivity contribution in [3.63, 3.8) is 0 Å². The number of alkyl halides is 4. The lowest BCUT2D eigenvalue weighted by atomic mass is 10.1. The van der Waals surface area contributed by atoms with Crippen LogP contribution in [0.3, 0.4) is 0 Å². The van der Waals surface area contributed by atoms with Crippen LogP contribution in [0.4, 0.5) is 17.6 Å². The first-order chi connectivity index (χ1) is 11.2. The van der Waals surface area contributed by atoms with E-state index in [1.807, 2.05) is 0 Å². The van der Waals surface area contributed by atoms with E-state index in [4.69, 9.17) is 5.11 Å². The number of hydrogen-bond acceptors (Lipinski definition) is 4. The molecule has 1 N–H and O–H groups in total. The van der Waals surface area contributed by atoms with Gasteiger partial charge in [-0.25, -0.2) is 13.8 Å². The Morgan fingerprint density at radius 3 is 2.62 bits per heavy atom. The van der Waals surface area contributed by atoms with Crippen molar-refractivity contribution in [2.24, 2.45) is 5.92 Å². The Hall–Kier alpha value is -2.39. The number of rotatable bonds is 6. The zero-order valence-electron chi connectivity index (χ0n) is 12.3. The fraction of sp³-hybridized carbons (Fsp3) is 0.500.